The predicted molar refractivity (Wildman–Crippen MR) is 161 cm³/mol. The van der Waals surface area contributed by atoms with Crippen molar-refractivity contribution in [2.45, 2.75) is 80.2 Å². The highest BCUT2D eigenvalue weighted by molar-refractivity contribution is 5.61. The van der Waals surface area contributed by atoms with Crippen LogP contribution in [-0.2, 0) is 18.9 Å². The topological polar surface area (TPSA) is 258 Å². The molecule has 2 saturated heterocycles. The summed E-state index contributed by atoms with van der Waals surface area (Å²) in [7, 11) is 2.76. The van der Waals surface area contributed by atoms with Crippen molar-refractivity contribution in [2.75, 3.05) is 34.0 Å². The lowest BCUT2D eigenvalue weighted by Crippen LogP contribution is -2.68. The molecule has 10 N–H and O–H groups in total. The van der Waals surface area contributed by atoms with Crippen molar-refractivity contribution in [3.05, 3.63) is 58.8 Å². The smallest absolute Gasteiger partial charge is 0.229 e. The van der Waals surface area contributed by atoms with Gasteiger partial charge in [-0.3, -0.25) is 0 Å². The van der Waals surface area contributed by atoms with E-state index in [1.165, 1.54) is 32.8 Å². The fourth-order valence-electron chi connectivity index (χ4n) is 7.19. The maximum Gasteiger partial charge on any atom is 0.229 e. The van der Waals surface area contributed by atoms with Gasteiger partial charge in [0, 0.05) is 28.9 Å². The number of benzene rings is 1. The molecular formula is C32H44O16. The van der Waals surface area contributed by atoms with Crippen molar-refractivity contribution in [3.8, 4) is 11.5 Å². The van der Waals surface area contributed by atoms with Gasteiger partial charge in [-0.25, -0.2) is 0 Å². The third-order valence-electron chi connectivity index (χ3n) is 9.67. The van der Waals surface area contributed by atoms with Crippen molar-refractivity contribution >= 4 is 0 Å². The van der Waals surface area contributed by atoms with E-state index in [-0.39, 0.29) is 23.7 Å². The van der Waals surface area contributed by atoms with Crippen molar-refractivity contribution in [1.29, 1.82) is 0 Å². The number of hydrogen-bond acceptors (Lipinski definition) is 16. The van der Waals surface area contributed by atoms with E-state index in [0.717, 1.165) is 0 Å². The average Bonchev–Trinajstić information content (AvgIpc) is 3.43. The third-order valence-corrected chi connectivity index (χ3v) is 9.67. The summed E-state index contributed by atoms with van der Waals surface area (Å²) >= 11 is 0. The Labute approximate surface area is 275 Å². The van der Waals surface area contributed by atoms with Crippen molar-refractivity contribution in [3.63, 3.8) is 0 Å². The van der Waals surface area contributed by atoms with Crippen molar-refractivity contribution in [2.24, 2.45) is 11.8 Å². The third kappa shape index (κ3) is 5.99. The van der Waals surface area contributed by atoms with Gasteiger partial charge in [-0.15, -0.1) is 0 Å². The van der Waals surface area contributed by atoms with E-state index in [9.17, 15) is 51.1 Å². The summed E-state index contributed by atoms with van der Waals surface area (Å²) < 4.78 is 33.9. The molecule has 4 aliphatic rings. The van der Waals surface area contributed by atoms with E-state index < -0.39 is 98.5 Å². The summed E-state index contributed by atoms with van der Waals surface area (Å²) in [4.78, 5) is 0. The van der Waals surface area contributed by atoms with Crippen LogP contribution in [0.4, 0.5) is 0 Å². The second-order valence-electron chi connectivity index (χ2n) is 12.2. The maximum absolute atomic E-state index is 12.1. The molecule has 0 amide bonds. The molecule has 13 atom stereocenters. The Hall–Kier alpha value is -2.84. The summed E-state index contributed by atoms with van der Waals surface area (Å²) in [5, 5.41) is 105. The van der Waals surface area contributed by atoms with Crippen LogP contribution < -0.4 is 9.47 Å². The van der Waals surface area contributed by atoms with Crippen LogP contribution in [0.3, 0.4) is 0 Å². The first-order chi connectivity index (χ1) is 22.9. The molecule has 0 aromatic heterocycles. The van der Waals surface area contributed by atoms with E-state index in [1.807, 2.05) is 0 Å². The summed E-state index contributed by atoms with van der Waals surface area (Å²) in [6, 6.07) is 4.68. The van der Waals surface area contributed by atoms with E-state index in [4.69, 9.17) is 28.4 Å². The summed E-state index contributed by atoms with van der Waals surface area (Å²) in [6.07, 6.45) is -11.8. The molecule has 268 valence electrons. The molecule has 4 unspecified atom stereocenters. The predicted octanol–water partition coefficient (Wildman–Crippen LogP) is -2.53. The first-order valence-corrected chi connectivity index (χ1v) is 15.6. The molecule has 3 heterocycles. The molecule has 0 spiro atoms. The molecule has 2 fully saturated rings. The molecule has 3 aliphatic heterocycles. The van der Waals surface area contributed by atoms with Crippen LogP contribution in [0.15, 0.2) is 53.2 Å². The molecule has 0 saturated carbocycles. The molecule has 48 heavy (non-hydrogen) atoms. The Kier molecular flexibility index (Phi) is 11.1. The number of hydrogen-bond donors (Lipinski definition) is 10. The van der Waals surface area contributed by atoms with Gasteiger partial charge in [0.05, 0.1) is 40.3 Å². The van der Waals surface area contributed by atoms with E-state index in [1.54, 1.807) is 19.1 Å². The van der Waals surface area contributed by atoms with Gasteiger partial charge in [0.25, 0.3) is 0 Å². The monoisotopic (exact) mass is 684 g/mol. The minimum Gasteiger partial charge on any atom is -0.493 e. The number of allylic oxidation sites excluding steroid dienone is 1. The summed E-state index contributed by atoms with van der Waals surface area (Å²) in [5.41, 5.74) is 1.88. The standard InChI is InChI=1S/C32H44O16/c1-4-16(32(42)30(41)28(39)26(37)20(10-35)48-32)24-22(14(8-33)15-11-45-12-21(44-3)23(15)24)13-5-6-17(18(7-13)43-2)46-31-29(40)27(38)25(36)19(9-34)47-31/h5-7,11-12,14,16,19-20,22,25-31,33-42H,4,8-10H2,1-3H3/t14?,16?,19-,20-,22?,25-,26-,27+,28+,29-,30-,31-,32?/m1/s1. The molecular weight excluding hydrogens is 640 g/mol. The largest absolute Gasteiger partial charge is 0.493 e. The van der Waals surface area contributed by atoms with Crippen LogP contribution in [0.25, 0.3) is 0 Å². The maximum atomic E-state index is 12.1. The van der Waals surface area contributed by atoms with Gasteiger partial charge in [-0.2, -0.15) is 0 Å². The number of rotatable bonds is 11. The van der Waals surface area contributed by atoms with Crippen molar-refractivity contribution in [1.82, 2.24) is 0 Å². The van der Waals surface area contributed by atoms with Crippen LogP contribution in [0.2, 0.25) is 0 Å². The van der Waals surface area contributed by atoms with Crippen molar-refractivity contribution < 1.29 is 79.5 Å². The van der Waals surface area contributed by atoms with Crippen LogP contribution in [0, 0.1) is 11.8 Å². The Morgan fingerprint density at radius 2 is 1.50 bits per heavy atom. The molecule has 5 rings (SSSR count). The molecule has 1 aromatic rings. The fourth-order valence-corrected chi connectivity index (χ4v) is 7.19. The van der Waals surface area contributed by atoms with E-state index >= 15 is 0 Å². The van der Waals surface area contributed by atoms with Crippen LogP contribution in [0.1, 0.15) is 24.8 Å². The first kappa shape index (κ1) is 36.4. The van der Waals surface area contributed by atoms with Gasteiger partial charge < -0.3 is 79.5 Å². The lowest BCUT2D eigenvalue weighted by atomic mass is 9.72. The molecule has 16 heteroatoms. The van der Waals surface area contributed by atoms with Crippen LogP contribution in [-0.4, -0.2) is 146 Å². The quantitative estimate of drug-likeness (QED) is 0.115. The minimum absolute atomic E-state index is 0.0513. The molecule has 16 nitrogen and oxygen atoms in total. The first-order valence-electron chi connectivity index (χ1n) is 15.6. The lowest BCUT2D eigenvalue weighted by Gasteiger charge is -2.50. The van der Waals surface area contributed by atoms with Gasteiger partial charge in [-0.1, -0.05) is 13.0 Å². The van der Waals surface area contributed by atoms with Crippen LogP contribution >= 0.6 is 0 Å². The highest BCUT2D eigenvalue weighted by Crippen LogP contribution is 2.57. The number of fused-ring (bicyclic) bond motifs is 1. The zero-order valence-electron chi connectivity index (χ0n) is 26.6. The molecule has 0 bridgehead atoms. The Morgan fingerprint density at radius 1 is 0.812 bits per heavy atom. The highest BCUT2D eigenvalue weighted by Gasteiger charge is 2.59. The van der Waals surface area contributed by atoms with Gasteiger partial charge in [0.15, 0.2) is 17.3 Å². The number of ether oxygens (including phenoxy) is 6. The highest BCUT2D eigenvalue weighted by atomic mass is 16.7. The average molecular weight is 685 g/mol. The van der Waals surface area contributed by atoms with Crippen LogP contribution in [0.5, 0.6) is 11.5 Å². The SMILES string of the molecule is CCC(C1=C2C(OC)=COC=C2C(CO)C1c1ccc(O[C@@H]2O[C@H](CO)[C@@H](O)[C@H](O)[C@H]2O)c(OC)c1)C1(O)O[C@H](CO)[C@@H](O)[C@H](O)[C@H]1O. The minimum atomic E-state index is -2.54. The van der Waals surface area contributed by atoms with Gasteiger partial charge in [0.1, 0.15) is 55.1 Å². The Balaban J connectivity index is 1.61. The van der Waals surface area contributed by atoms with E-state index in [2.05, 4.69) is 0 Å². The molecule has 0 radical (unpaired) electrons. The Morgan fingerprint density at radius 3 is 2.10 bits per heavy atom. The summed E-state index contributed by atoms with van der Waals surface area (Å²) in [5.74, 6) is -4.75. The second-order valence-corrected chi connectivity index (χ2v) is 12.2. The Bertz CT molecular complexity index is 1390. The number of aliphatic hydroxyl groups is 10. The normalized spacial score (nSPS) is 38.8. The zero-order chi connectivity index (χ0) is 35.1. The second kappa shape index (κ2) is 14.6. The summed E-state index contributed by atoms with van der Waals surface area (Å²) in [6.45, 7) is -0.141. The molecule has 1 aliphatic carbocycles. The molecule has 1 aromatic carbocycles. The van der Waals surface area contributed by atoms with Gasteiger partial charge in [-0.05, 0) is 29.7 Å². The van der Waals surface area contributed by atoms with E-state index in [0.29, 0.717) is 22.3 Å². The van der Waals surface area contributed by atoms with Gasteiger partial charge >= 0.3 is 0 Å². The van der Waals surface area contributed by atoms with Gasteiger partial charge in [0.2, 0.25) is 12.1 Å². The number of aliphatic hydroxyl groups excluding tert-OH is 9. The lowest BCUT2D eigenvalue weighted by molar-refractivity contribution is -0.364. The fraction of sp³-hybridized carbons (Fsp3) is 0.625. The zero-order valence-corrected chi connectivity index (χ0v) is 26.6. The number of methoxy groups -OCH3 is 2.